The van der Waals surface area contributed by atoms with Crippen LogP contribution in [-0.2, 0) is 4.74 Å². The molecule has 2 atom stereocenters. The summed E-state index contributed by atoms with van der Waals surface area (Å²) in [6.45, 7) is 1.52. The number of nitrogens with zero attached hydrogens (tertiary/aromatic N) is 2. The van der Waals surface area contributed by atoms with Crippen LogP contribution < -0.4 is 5.73 Å². The van der Waals surface area contributed by atoms with Gasteiger partial charge in [-0.1, -0.05) is 17.7 Å². The Kier molecular flexibility index (Phi) is 3.55. The Hall–Kier alpha value is -1.36. The van der Waals surface area contributed by atoms with Gasteiger partial charge in [-0.2, -0.15) is 0 Å². The van der Waals surface area contributed by atoms with Crippen molar-refractivity contribution in [3.8, 4) is 5.69 Å². The summed E-state index contributed by atoms with van der Waals surface area (Å²) in [7, 11) is 0. The van der Waals surface area contributed by atoms with Crippen molar-refractivity contribution in [3.05, 3.63) is 47.5 Å². The third kappa shape index (κ3) is 2.52. The SMILES string of the molecule is NC(c1cncn1-c1cccc(Cl)c1)C1CCOC1. The molecule has 1 saturated heterocycles. The van der Waals surface area contributed by atoms with E-state index in [1.165, 1.54) is 0 Å². The molecule has 0 saturated carbocycles. The zero-order chi connectivity index (χ0) is 13.2. The van der Waals surface area contributed by atoms with Crippen molar-refractivity contribution in [3.63, 3.8) is 0 Å². The molecule has 2 heterocycles. The Labute approximate surface area is 117 Å². The van der Waals surface area contributed by atoms with E-state index in [9.17, 15) is 0 Å². The molecule has 4 nitrogen and oxygen atoms in total. The number of benzene rings is 1. The second kappa shape index (κ2) is 5.33. The molecule has 0 radical (unpaired) electrons. The van der Waals surface area contributed by atoms with Crippen LogP contribution in [-0.4, -0.2) is 22.8 Å². The van der Waals surface area contributed by atoms with Gasteiger partial charge in [-0.3, -0.25) is 0 Å². The lowest BCUT2D eigenvalue weighted by atomic mass is 9.97. The second-order valence-corrected chi connectivity index (χ2v) is 5.25. The molecule has 1 aromatic heterocycles. The lowest BCUT2D eigenvalue weighted by Crippen LogP contribution is -2.24. The van der Waals surface area contributed by atoms with E-state index < -0.39 is 0 Å². The first-order valence-corrected chi connectivity index (χ1v) is 6.75. The number of halogens is 1. The zero-order valence-corrected chi connectivity index (χ0v) is 11.3. The van der Waals surface area contributed by atoms with E-state index in [-0.39, 0.29) is 6.04 Å². The van der Waals surface area contributed by atoms with Crippen molar-refractivity contribution in [1.29, 1.82) is 0 Å². The van der Waals surface area contributed by atoms with E-state index in [2.05, 4.69) is 4.98 Å². The Balaban J connectivity index is 1.93. The van der Waals surface area contributed by atoms with Gasteiger partial charge in [0.1, 0.15) is 0 Å². The topological polar surface area (TPSA) is 53.1 Å². The fourth-order valence-corrected chi connectivity index (χ4v) is 2.66. The van der Waals surface area contributed by atoms with Gasteiger partial charge in [-0.25, -0.2) is 4.98 Å². The number of hydrogen-bond donors (Lipinski definition) is 1. The van der Waals surface area contributed by atoms with E-state index in [4.69, 9.17) is 22.1 Å². The van der Waals surface area contributed by atoms with Crippen molar-refractivity contribution in [2.24, 2.45) is 11.7 Å². The zero-order valence-electron chi connectivity index (χ0n) is 10.5. The molecule has 0 amide bonds. The quantitative estimate of drug-likeness (QED) is 0.938. The molecule has 1 aromatic carbocycles. The van der Waals surface area contributed by atoms with Crippen LogP contribution >= 0.6 is 11.6 Å². The average Bonchev–Trinajstić information content (AvgIpc) is 3.09. The fraction of sp³-hybridized carbons (Fsp3) is 0.357. The van der Waals surface area contributed by atoms with Crippen LogP contribution in [0.25, 0.3) is 5.69 Å². The summed E-state index contributed by atoms with van der Waals surface area (Å²) in [6.07, 6.45) is 4.60. The number of ether oxygens (including phenoxy) is 1. The molecule has 2 unspecified atom stereocenters. The van der Waals surface area contributed by atoms with E-state index in [1.54, 1.807) is 6.33 Å². The van der Waals surface area contributed by atoms with Crippen molar-refractivity contribution < 1.29 is 4.74 Å². The van der Waals surface area contributed by atoms with Gasteiger partial charge >= 0.3 is 0 Å². The van der Waals surface area contributed by atoms with Gasteiger partial charge in [0.25, 0.3) is 0 Å². The number of hydrogen-bond acceptors (Lipinski definition) is 3. The van der Waals surface area contributed by atoms with Crippen molar-refractivity contribution in [2.45, 2.75) is 12.5 Å². The van der Waals surface area contributed by atoms with Crippen LogP contribution in [0.15, 0.2) is 36.8 Å². The van der Waals surface area contributed by atoms with Gasteiger partial charge < -0.3 is 15.0 Å². The molecule has 3 rings (SSSR count). The Morgan fingerprint density at radius 2 is 2.37 bits per heavy atom. The van der Waals surface area contributed by atoms with Crippen molar-refractivity contribution in [2.75, 3.05) is 13.2 Å². The normalized spacial score (nSPS) is 20.6. The predicted molar refractivity (Wildman–Crippen MR) is 74.4 cm³/mol. The second-order valence-electron chi connectivity index (χ2n) is 4.82. The summed E-state index contributed by atoms with van der Waals surface area (Å²) in [5.41, 5.74) is 8.33. The van der Waals surface area contributed by atoms with E-state index in [1.807, 2.05) is 35.0 Å². The van der Waals surface area contributed by atoms with E-state index >= 15 is 0 Å². The van der Waals surface area contributed by atoms with Gasteiger partial charge in [-0.05, 0) is 24.6 Å². The number of rotatable bonds is 3. The molecule has 0 bridgehead atoms. The molecule has 19 heavy (non-hydrogen) atoms. The third-order valence-corrected chi connectivity index (χ3v) is 3.80. The predicted octanol–water partition coefficient (Wildman–Crippen LogP) is 2.56. The standard InChI is InChI=1S/C14H16ClN3O/c15-11-2-1-3-12(6-11)18-9-17-7-13(18)14(16)10-4-5-19-8-10/h1-3,6-7,9-10,14H,4-5,8,16H2. The molecule has 100 valence electrons. The number of imidazole rings is 1. The Morgan fingerprint density at radius 1 is 1.47 bits per heavy atom. The van der Waals surface area contributed by atoms with Gasteiger partial charge in [0, 0.05) is 23.2 Å². The lowest BCUT2D eigenvalue weighted by Gasteiger charge is -2.19. The summed E-state index contributed by atoms with van der Waals surface area (Å²) in [5.74, 6) is 0.356. The minimum Gasteiger partial charge on any atom is -0.381 e. The molecule has 0 spiro atoms. The van der Waals surface area contributed by atoms with Crippen LogP contribution in [0.1, 0.15) is 18.2 Å². The average molecular weight is 278 g/mol. The molecule has 0 aliphatic carbocycles. The van der Waals surface area contributed by atoms with Crippen LogP contribution in [0.3, 0.4) is 0 Å². The van der Waals surface area contributed by atoms with Crippen LogP contribution in [0.2, 0.25) is 5.02 Å². The molecular weight excluding hydrogens is 262 g/mol. The summed E-state index contributed by atoms with van der Waals surface area (Å²) >= 11 is 6.04. The largest absolute Gasteiger partial charge is 0.381 e. The molecule has 2 aromatic rings. The van der Waals surface area contributed by atoms with Gasteiger partial charge in [0.05, 0.1) is 30.9 Å². The highest BCUT2D eigenvalue weighted by atomic mass is 35.5. The summed E-state index contributed by atoms with van der Waals surface area (Å²) < 4.78 is 7.41. The molecular formula is C14H16ClN3O. The van der Waals surface area contributed by atoms with Gasteiger partial charge in [0.15, 0.2) is 0 Å². The van der Waals surface area contributed by atoms with E-state index in [0.717, 1.165) is 31.0 Å². The maximum atomic E-state index is 6.35. The summed E-state index contributed by atoms with van der Waals surface area (Å²) in [5, 5.41) is 0.704. The number of aromatic nitrogens is 2. The molecule has 1 aliphatic heterocycles. The van der Waals surface area contributed by atoms with Gasteiger partial charge in [-0.15, -0.1) is 0 Å². The van der Waals surface area contributed by atoms with Crippen molar-refractivity contribution in [1.82, 2.24) is 9.55 Å². The maximum absolute atomic E-state index is 6.35. The first-order valence-electron chi connectivity index (χ1n) is 6.37. The van der Waals surface area contributed by atoms with Crippen LogP contribution in [0, 0.1) is 5.92 Å². The first kappa shape index (κ1) is 12.7. The molecule has 2 N–H and O–H groups in total. The fourth-order valence-electron chi connectivity index (χ4n) is 2.47. The van der Waals surface area contributed by atoms with Crippen molar-refractivity contribution >= 4 is 11.6 Å². The molecule has 5 heteroatoms. The highest BCUT2D eigenvalue weighted by Gasteiger charge is 2.26. The Morgan fingerprint density at radius 3 is 3.11 bits per heavy atom. The minimum absolute atomic E-state index is 0.0658. The number of nitrogens with two attached hydrogens (primary N) is 1. The van der Waals surface area contributed by atoms with E-state index in [0.29, 0.717) is 10.9 Å². The highest BCUT2D eigenvalue weighted by Crippen LogP contribution is 2.28. The lowest BCUT2D eigenvalue weighted by molar-refractivity contribution is 0.180. The monoisotopic (exact) mass is 277 g/mol. The Bertz CT molecular complexity index is 563. The summed E-state index contributed by atoms with van der Waals surface area (Å²) in [6, 6.07) is 7.61. The smallest absolute Gasteiger partial charge is 0.0994 e. The molecule has 1 aliphatic rings. The maximum Gasteiger partial charge on any atom is 0.0994 e. The molecule has 1 fully saturated rings. The van der Waals surface area contributed by atoms with Crippen LogP contribution in [0.4, 0.5) is 0 Å². The highest BCUT2D eigenvalue weighted by molar-refractivity contribution is 6.30. The van der Waals surface area contributed by atoms with Crippen LogP contribution in [0.5, 0.6) is 0 Å². The first-order chi connectivity index (χ1) is 9.25. The summed E-state index contributed by atoms with van der Waals surface area (Å²) in [4.78, 5) is 4.22. The minimum atomic E-state index is -0.0658. The third-order valence-electron chi connectivity index (χ3n) is 3.57. The van der Waals surface area contributed by atoms with Gasteiger partial charge in [0.2, 0.25) is 0 Å².